The highest BCUT2D eigenvalue weighted by molar-refractivity contribution is 7.00. The number of hydrogen-bond acceptors (Lipinski definition) is 2. The first-order chi connectivity index (χ1) is 32.0. The summed E-state index contributed by atoms with van der Waals surface area (Å²) in [5, 5.41) is 0. The molecule has 0 amide bonds. The second-order valence-electron chi connectivity index (χ2n) is 25.6. The van der Waals surface area contributed by atoms with E-state index in [0.717, 1.165) is 6.42 Å². The molecule has 2 heterocycles. The van der Waals surface area contributed by atoms with Crippen LogP contribution in [0.5, 0.6) is 0 Å². The minimum absolute atomic E-state index is 0.0245. The summed E-state index contributed by atoms with van der Waals surface area (Å²) < 4.78 is 0. The molecular weight excluding hydrogens is 820 g/mol. The molecule has 0 unspecified atom stereocenters. The van der Waals surface area contributed by atoms with Gasteiger partial charge in [0.1, 0.15) is 0 Å². The molecule has 0 bridgehead atoms. The first kappa shape index (κ1) is 43.5. The fraction of sp³-hybridized carbons (Fsp3) is 0.354. The molecule has 0 aromatic heterocycles. The molecule has 7 aromatic carbocycles. The molecule has 0 atom stereocenters. The first-order valence-corrected chi connectivity index (χ1v) is 25.6. The van der Waals surface area contributed by atoms with Crippen LogP contribution in [0.15, 0.2) is 127 Å². The largest absolute Gasteiger partial charge is 0.311 e. The van der Waals surface area contributed by atoms with Crippen LogP contribution in [0, 0.1) is 6.92 Å². The molecule has 0 spiro atoms. The molecule has 0 fully saturated rings. The van der Waals surface area contributed by atoms with Crippen LogP contribution in [-0.2, 0) is 32.5 Å². The maximum absolute atomic E-state index is 2.75. The Bertz CT molecular complexity index is 3300. The van der Waals surface area contributed by atoms with Crippen molar-refractivity contribution in [3.8, 4) is 22.3 Å². The maximum Gasteiger partial charge on any atom is 0.252 e. The van der Waals surface area contributed by atoms with Gasteiger partial charge in [-0.3, -0.25) is 0 Å². The lowest BCUT2D eigenvalue weighted by molar-refractivity contribution is 0.332. The third kappa shape index (κ3) is 6.02. The molecule has 3 heteroatoms. The van der Waals surface area contributed by atoms with Crippen LogP contribution in [0.1, 0.15) is 154 Å². The van der Waals surface area contributed by atoms with E-state index in [9.17, 15) is 0 Å². The van der Waals surface area contributed by atoms with Gasteiger partial charge in [-0.25, -0.2) is 0 Å². The minimum Gasteiger partial charge on any atom is -0.311 e. The number of anilines is 6. The quantitative estimate of drug-likeness (QED) is 0.163. The van der Waals surface area contributed by atoms with Crippen LogP contribution in [0.25, 0.3) is 22.3 Å². The Morgan fingerprint density at radius 3 is 1.68 bits per heavy atom. The van der Waals surface area contributed by atoms with Crippen LogP contribution < -0.4 is 26.2 Å². The fourth-order valence-electron chi connectivity index (χ4n) is 14.2. The molecule has 12 rings (SSSR count). The van der Waals surface area contributed by atoms with Crippen molar-refractivity contribution in [2.24, 2.45) is 0 Å². The standard InChI is InChI=1S/C65H69BN2/c1-39-31-46-48(62(7,8)30-29-61(46,5)6)36-53(39)68-54-32-41(40-21-16-15-17-22-40)27-28-50(54)66-51-35-47-49(64(11,12)38-63(47,9)10)37-55(51)67(56-33-42(60(2,3)4)34-57(68)59(56)66)52-26-20-24-44-43-23-18-19-25-45(43)65(13,14)58(44)52/h15-28,31-37H,29-30,38H2,1-14H3. The number of nitrogens with zero attached hydrogens (tertiary/aromatic N) is 2. The average Bonchev–Trinajstić information content (AvgIpc) is 3.63. The van der Waals surface area contributed by atoms with Gasteiger partial charge in [0.05, 0.1) is 5.69 Å². The van der Waals surface area contributed by atoms with Gasteiger partial charge in [0.25, 0.3) is 6.71 Å². The summed E-state index contributed by atoms with van der Waals surface area (Å²) in [6.07, 6.45) is 3.49. The molecule has 7 aromatic rings. The summed E-state index contributed by atoms with van der Waals surface area (Å²) in [6, 6.07) is 50.5. The Balaban J connectivity index is 1.23. The van der Waals surface area contributed by atoms with Gasteiger partial charge in [-0.05, 0) is 173 Å². The zero-order valence-electron chi connectivity index (χ0n) is 43.2. The highest BCUT2D eigenvalue weighted by Crippen LogP contribution is 2.58. The monoisotopic (exact) mass is 889 g/mol. The topological polar surface area (TPSA) is 6.48 Å². The number of hydrogen-bond donors (Lipinski definition) is 0. The lowest BCUT2D eigenvalue weighted by atomic mass is 9.33. The molecule has 2 aliphatic heterocycles. The van der Waals surface area contributed by atoms with Gasteiger partial charge in [0.15, 0.2) is 0 Å². The van der Waals surface area contributed by atoms with E-state index in [-0.39, 0.29) is 39.2 Å². The van der Waals surface area contributed by atoms with Crippen molar-refractivity contribution in [2.75, 3.05) is 9.80 Å². The molecule has 0 saturated carbocycles. The molecule has 3 aliphatic carbocycles. The van der Waals surface area contributed by atoms with Crippen molar-refractivity contribution in [3.05, 3.63) is 172 Å². The van der Waals surface area contributed by atoms with Gasteiger partial charge in [-0.2, -0.15) is 0 Å². The second-order valence-corrected chi connectivity index (χ2v) is 25.6. The SMILES string of the molecule is Cc1cc2c(cc1N1c3cc(-c4ccccc4)ccc3B3c4cc5c(cc4N(c4cccc6c4C(C)(C)c4ccccc4-6)c4cc(C(C)(C)C)cc1c43)C(C)(C)CC5(C)C)C(C)(C)CCC2(C)C. The Kier molecular flexibility index (Phi) is 8.91. The molecule has 0 saturated heterocycles. The molecule has 68 heavy (non-hydrogen) atoms. The molecule has 0 radical (unpaired) electrons. The van der Waals surface area contributed by atoms with Crippen molar-refractivity contribution in [1.82, 2.24) is 0 Å². The smallest absolute Gasteiger partial charge is 0.252 e. The number of benzene rings is 7. The molecule has 5 aliphatic rings. The van der Waals surface area contributed by atoms with E-state index >= 15 is 0 Å². The second kappa shape index (κ2) is 13.9. The van der Waals surface area contributed by atoms with E-state index in [1.54, 1.807) is 0 Å². The van der Waals surface area contributed by atoms with Crippen molar-refractivity contribution in [3.63, 3.8) is 0 Å². The van der Waals surface area contributed by atoms with Gasteiger partial charge in [0, 0.05) is 33.9 Å². The van der Waals surface area contributed by atoms with Crippen LogP contribution in [0.2, 0.25) is 0 Å². The van der Waals surface area contributed by atoms with Gasteiger partial charge in [-0.1, -0.05) is 181 Å². The Morgan fingerprint density at radius 2 is 1.00 bits per heavy atom. The molecular formula is C65H69BN2. The van der Waals surface area contributed by atoms with Gasteiger partial charge < -0.3 is 9.80 Å². The Labute approximate surface area is 407 Å². The summed E-state index contributed by atoms with van der Waals surface area (Å²) in [5.74, 6) is 0. The highest BCUT2D eigenvalue weighted by atomic mass is 15.2. The predicted molar refractivity (Wildman–Crippen MR) is 293 cm³/mol. The summed E-state index contributed by atoms with van der Waals surface area (Å²) in [5.41, 5.74) is 28.6. The zero-order valence-corrected chi connectivity index (χ0v) is 43.2. The Morgan fingerprint density at radius 1 is 0.441 bits per heavy atom. The predicted octanol–water partition coefficient (Wildman–Crippen LogP) is 15.7. The summed E-state index contributed by atoms with van der Waals surface area (Å²) in [7, 11) is 0. The third-order valence-electron chi connectivity index (χ3n) is 17.7. The van der Waals surface area contributed by atoms with E-state index in [1.807, 2.05) is 0 Å². The zero-order chi connectivity index (χ0) is 47.8. The molecule has 0 N–H and O–H groups in total. The van der Waals surface area contributed by atoms with Crippen LogP contribution in [0.3, 0.4) is 0 Å². The fourth-order valence-corrected chi connectivity index (χ4v) is 14.2. The van der Waals surface area contributed by atoms with E-state index in [2.05, 4.69) is 234 Å². The van der Waals surface area contributed by atoms with E-state index in [1.165, 1.54) is 130 Å². The highest BCUT2D eigenvalue weighted by Gasteiger charge is 2.50. The van der Waals surface area contributed by atoms with Crippen molar-refractivity contribution in [2.45, 2.75) is 149 Å². The number of fused-ring (bicyclic) bond motifs is 9. The van der Waals surface area contributed by atoms with Gasteiger partial charge >= 0.3 is 0 Å². The lowest BCUT2D eigenvalue weighted by Gasteiger charge is -2.47. The molecule has 342 valence electrons. The van der Waals surface area contributed by atoms with E-state index in [4.69, 9.17) is 0 Å². The van der Waals surface area contributed by atoms with Crippen LogP contribution in [0.4, 0.5) is 34.1 Å². The van der Waals surface area contributed by atoms with Crippen LogP contribution in [-0.4, -0.2) is 6.71 Å². The summed E-state index contributed by atoms with van der Waals surface area (Å²) in [4.78, 5) is 5.47. The number of rotatable bonds is 3. The lowest BCUT2D eigenvalue weighted by Crippen LogP contribution is -2.61. The van der Waals surface area contributed by atoms with E-state index in [0.29, 0.717) is 0 Å². The average molecular weight is 889 g/mol. The first-order valence-electron chi connectivity index (χ1n) is 25.6. The normalized spacial score (nSPS) is 19.1. The Hall–Kier alpha value is -5.80. The van der Waals surface area contributed by atoms with Crippen molar-refractivity contribution >= 4 is 57.2 Å². The van der Waals surface area contributed by atoms with Crippen molar-refractivity contribution in [1.29, 1.82) is 0 Å². The molecule has 2 nitrogen and oxygen atoms in total. The maximum atomic E-state index is 2.75. The summed E-state index contributed by atoms with van der Waals surface area (Å²) in [6.45, 7) is 34.3. The number of aryl methyl sites for hydroxylation is 1. The van der Waals surface area contributed by atoms with Crippen molar-refractivity contribution < 1.29 is 0 Å². The summed E-state index contributed by atoms with van der Waals surface area (Å²) >= 11 is 0. The van der Waals surface area contributed by atoms with Gasteiger partial charge in [-0.15, -0.1) is 0 Å². The third-order valence-corrected chi connectivity index (χ3v) is 17.7. The van der Waals surface area contributed by atoms with E-state index < -0.39 is 0 Å². The van der Waals surface area contributed by atoms with Crippen LogP contribution >= 0.6 is 0 Å². The minimum atomic E-state index is -0.202. The van der Waals surface area contributed by atoms with Gasteiger partial charge in [0.2, 0.25) is 0 Å².